The number of carboxylic acids is 1. The molecule has 0 aliphatic rings. The first-order chi connectivity index (χ1) is 10.4. The lowest BCUT2D eigenvalue weighted by atomic mass is 10.1. The van der Waals surface area contributed by atoms with Crippen molar-refractivity contribution in [3.05, 3.63) is 28.4 Å². The van der Waals surface area contributed by atoms with Crippen molar-refractivity contribution in [1.82, 2.24) is 5.32 Å². The van der Waals surface area contributed by atoms with E-state index in [4.69, 9.17) is 26.2 Å². The number of ether oxygens (including phenoxy) is 2. The highest BCUT2D eigenvalue weighted by Gasteiger charge is 2.14. The van der Waals surface area contributed by atoms with E-state index >= 15 is 0 Å². The number of methoxy groups -OCH3 is 1. The first kappa shape index (κ1) is 17.8. The molecule has 0 aliphatic heterocycles. The number of carbonyl (C=O) groups excluding carboxylic acids is 1. The lowest BCUT2D eigenvalue weighted by molar-refractivity contribution is -0.134. The van der Waals surface area contributed by atoms with E-state index in [9.17, 15) is 9.59 Å². The van der Waals surface area contributed by atoms with Gasteiger partial charge in [-0.1, -0.05) is 18.5 Å². The second-order valence-corrected chi connectivity index (χ2v) is 4.83. The summed E-state index contributed by atoms with van der Waals surface area (Å²) in [5.74, 6) is -0.939. The summed E-state index contributed by atoms with van der Waals surface area (Å²) in [5, 5.41) is 11.6. The Bertz CT molecular complexity index is 598. The van der Waals surface area contributed by atoms with Crippen LogP contribution >= 0.6 is 11.6 Å². The summed E-state index contributed by atoms with van der Waals surface area (Å²) in [7, 11) is 1.46. The number of aliphatic carboxylic acids is 1. The van der Waals surface area contributed by atoms with E-state index in [1.165, 1.54) is 20.1 Å². The fourth-order valence-electron chi connectivity index (χ4n) is 1.67. The quantitative estimate of drug-likeness (QED) is 0.752. The van der Waals surface area contributed by atoms with Gasteiger partial charge >= 0.3 is 5.97 Å². The summed E-state index contributed by atoms with van der Waals surface area (Å²) < 4.78 is 10.7. The number of nitrogens with one attached hydrogen (secondary N) is 1. The van der Waals surface area contributed by atoms with Crippen LogP contribution in [0.3, 0.4) is 0 Å². The number of rotatable bonds is 7. The molecule has 22 heavy (non-hydrogen) atoms. The van der Waals surface area contributed by atoms with Gasteiger partial charge in [0, 0.05) is 6.92 Å². The molecule has 0 saturated carbocycles. The molecule has 120 valence electrons. The highest BCUT2D eigenvalue weighted by molar-refractivity contribution is 6.32. The van der Waals surface area contributed by atoms with Gasteiger partial charge in [0.15, 0.2) is 11.5 Å². The molecule has 0 heterocycles. The van der Waals surface area contributed by atoms with E-state index in [0.29, 0.717) is 28.7 Å². The van der Waals surface area contributed by atoms with Crippen LogP contribution in [0.25, 0.3) is 6.08 Å². The smallest absolute Gasteiger partial charge is 0.352 e. The molecule has 0 saturated heterocycles. The maximum Gasteiger partial charge on any atom is 0.352 e. The van der Waals surface area contributed by atoms with Crippen molar-refractivity contribution in [2.24, 2.45) is 0 Å². The van der Waals surface area contributed by atoms with Gasteiger partial charge in [0.2, 0.25) is 5.91 Å². The van der Waals surface area contributed by atoms with Gasteiger partial charge in [0.05, 0.1) is 18.7 Å². The molecule has 0 fully saturated rings. The Kier molecular flexibility index (Phi) is 6.72. The summed E-state index contributed by atoms with van der Waals surface area (Å²) in [6.45, 7) is 3.67. The third-order valence-corrected chi connectivity index (χ3v) is 2.84. The third kappa shape index (κ3) is 4.96. The van der Waals surface area contributed by atoms with Crippen LogP contribution in [-0.2, 0) is 9.59 Å². The van der Waals surface area contributed by atoms with Gasteiger partial charge in [-0.05, 0) is 30.2 Å². The van der Waals surface area contributed by atoms with Crippen molar-refractivity contribution in [1.29, 1.82) is 0 Å². The molecule has 6 nitrogen and oxygen atoms in total. The topological polar surface area (TPSA) is 84.9 Å². The Hall–Kier alpha value is -2.21. The number of halogens is 1. The van der Waals surface area contributed by atoms with E-state index < -0.39 is 11.9 Å². The summed E-state index contributed by atoms with van der Waals surface area (Å²) in [6, 6.07) is 3.13. The van der Waals surface area contributed by atoms with Crippen molar-refractivity contribution in [3.63, 3.8) is 0 Å². The van der Waals surface area contributed by atoms with Gasteiger partial charge in [-0.25, -0.2) is 4.79 Å². The minimum atomic E-state index is -1.25. The Morgan fingerprint density at radius 3 is 2.59 bits per heavy atom. The van der Waals surface area contributed by atoms with Gasteiger partial charge in [-0.2, -0.15) is 0 Å². The van der Waals surface area contributed by atoms with Crippen LogP contribution in [0, 0.1) is 0 Å². The highest BCUT2D eigenvalue weighted by Crippen LogP contribution is 2.37. The molecule has 1 rings (SSSR count). The van der Waals surface area contributed by atoms with E-state index in [-0.39, 0.29) is 5.70 Å². The lowest BCUT2D eigenvalue weighted by Gasteiger charge is -2.13. The number of carbonyl (C=O) groups is 2. The number of hydrogen-bond donors (Lipinski definition) is 2. The molecular weight excluding hydrogens is 310 g/mol. The zero-order chi connectivity index (χ0) is 16.7. The molecule has 2 N–H and O–H groups in total. The van der Waals surface area contributed by atoms with Crippen LogP contribution in [0.5, 0.6) is 11.5 Å². The molecule has 1 aromatic rings. The Morgan fingerprint density at radius 1 is 1.41 bits per heavy atom. The monoisotopic (exact) mass is 327 g/mol. The normalized spacial score (nSPS) is 11.0. The highest BCUT2D eigenvalue weighted by atomic mass is 35.5. The van der Waals surface area contributed by atoms with Gasteiger partial charge in [-0.3, -0.25) is 4.79 Å². The predicted octanol–water partition coefficient (Wildman–Crippen LogP) is 2.70. The van der Waals surface area contributed by atoms with Crippen molar-refractivity contribution < 1.29 is 24.2 Å². The van der Waals surface area contributed by atoms with E-state index in [1.54, 1.807) is 12.1 Å². The van der Waals surface area contributed by atoms with Crippen LogP contribution in [-0.4, -0.2) is 30.7 Å². The SMILES string of the molecule is CCCOc1c(Cl)cc(C=C(NC(C)=O)C(=O)O)cc1OC. The summed E-state index contributed by atoms with van der Waals surface area (Å²) >= 11 is 6.15. The standard InChI is InChI=1S/C15H18ClNO5/c1-4-5-22-14-11(16)6-10(8-13(14)21-3)7-12(15(19)20)17-9(2)18/h6-8H,4-5H2,1-3H3,(H,17,18)(H,19,20). The Labute approximate surface area is 133 Å². The molecule has 0 unspecified atom stereocenters. The first-order valence-corrected chi connectivity index (χ1v) is 6.99. The van der Waals surface area contributed by atoms with Crippen molar-refractivity contribution >= 4 is 29.6 Å². The third-order valence-electron chi connectivity index (χ3n) is 2.55. The van der Waals surface area contributed by atoms with Crippen molar-refractivity contribution in [2.45, 2.75) is 20.3 Å². The average Bonchev–Trinajstić information content (AvgIpc) is 2.44. The maximum absolute atomic E-state index is 11.1. The number of hydrogen-bond acceptors (Lipinski definition) is 4. The molecule has 1 aromatic carbocycles. The minimum Gasteiger partial charge on any atom is -0.493 e. The minimum absolute atomic E-state index is 0.257. The number of amides is 1. The number of benzene rings is 1. The summed E-state index contributed by atoms with van der Waals surface area (Å²) in [5.41, 5.74) is 0.213. The summed E-state index contributed by atoms with van der Waals surface area (Å²) in [6.07, 6.45) is 2.11. The molecule has 7 heteroatoms. The van der Waals surface area contributed by atoms with Crippen LogP contribution in [0.4, 0.5) is 0 Å². The van der Waals surface area contributed by atoms with E-state index in [0.717, 1.165) is 6.42 Å². The molecule has 0 aliphatic carbocycles. The molecule has 0 atom stereocenters. The van der Waals surface area contributed by atoms with Gasteiger partial charge < -0.3 is 19.9 Å². The fraction of sp³-hybridized carbons (Fsp3) is 0.333. The molecule has 0 radical (unpaired) electrons. The van der Waals surface area contributed by atoms with Crippen LogP contribution in [0.1, 0.15) is 25.8 Å². The van der Waals surface area contributed by atoms with Gasteiger partial charge in [0.1, 0.15) is 5.70 Å². The van der Waals surface area contributed by atoms with Gasteiger partial charge in [0.25, 0.3) is 0 Å². The largest absolute Gasteiger partial charge is 0.493 e. The predicted molar refractivity (Wildman–Crippen MR) is 83.2 cm³/mol. The zero-order valence-corrected chi connectivity index (χ0v) is 13.4. The van der Waals surface area contributed by atoms with E-state index in [2.05, 4.69) is 5.32 Å². The maximum atomic E-state index is 11.1. The fourth-order valence-corrected chi connectivity index (χ4v) is 1.95. The molecule has 0 spiro atoms. The first-order valence-electron chi connectivity index (χ1n) is 6.62. The second-order valence-electron chi connectivity index (χ2n) is 4.43. The van der Waals surface area contributed by atoms with E-state index in [1.807, 2.05) is 6.92 Å². The lowest BCUT2D eigenvalue weighted by Crippen LogP contribution is -2.24. The Balaban J connectivity index is 3.22. The van der Waals surface area contributed by atoms with Crippen LogP contribution in [0.2, 0.25) is 5.02 Å². The molecule has 1 amide bonds. The Morgan fingerprint density at radius 2 is 2.09 bits per heavy atom. The number of carboxylic acid groups (broad SMARTS) is 1. The molecule has 0 bridgehead atoms. The van der Waals surface area contributed by atoms with Crippen LogP contribution < -0.4 is 14.8 Å². The average molecular weight is 328 g/mol. The van der Waals surface area contributed by atoms with Crippen molar-refractivity contribution in [3.8, 4) is 11.5 Å². The zero-order valence-electron chi connectivity index (χ0n) is 12.6. The molecule has 0 aromatic heterocycles. The van der Waals surface area contributed by atoms with Crippen molar-refractivity contribution in [2.75, 3.05) is 13.7 Å². The summed E-state index contributed by atoms with van der Waals surface area (Å²) in [4.78, 5) is 22.1. The van der Waals surface area contributed by atoms with Gasteiger partial charge in [-0.15, -0.1) is 0 Å². The molecular formula is C15H18ClNO5. The van der Waals surface area contributed by atoms with Crippen LogP contribution in [0.15, 0.2) is 17.8 Å². The second kappa shape index (κ2) is 8.29.